The number of halogens is 1. The molecule has 1 fully saturated rings. The fourth-order valence-corrected chi connectivity index (χ4v) is 3.55. The van der Waals surface area contributed by atoms with Crippen LogP contribution in [0.4, 0.5) is 0 Å². The molecule has 112 valence electrons. The van der Waals surface area contributed by atoms with Gasteiger partial charge in [-0.2, -0.15) is 0 Å². The molecule has 0 atom stereocenters. The third-order valence-electron chi connectivity index (χ3n) is 4.62. The van der Waals surface area contributed by atoms with E-state index in [1.807, 2.05) is 12.1 Å². The number of pyridine rings is 1. The molecule has 0 radical (unpaired) electrons. The highest BCUT2D eigenvalue weighted by Gasteiger charge is 2.18. The lowest BCUT2D eigenvalue weighted by Gasteiger charge is -2.27. The maximum atomic E-state index is 6.38. The summed E-state index contributed by atoms with van der Waals surface area (Å²) < 4.78 is 0. The van der Waals surface area contributed by atoms with Crippen LogP contribution < -0.4 is 0 Å². The second-order valence-corrected chi connectivity index (χ2v) is 6.55. The highest BCUT2D eigenvalue weighted by Crippen LogP contribution is 2.25. The van der Waals surface area contributed by atoms with Gasteiger partial charge in [0.15, 0.2) is 0 Å². The van der Waals surface area contributed by atoms with Crippen LogP contribution in [0.2, 0.25) is 5.15 Å². The number of fused-ring (bicyclic) bond motifs is 1. The van der Waals surface area contributed by atoms with E-state index in [-0.39, 0.29) is 0 Å². The van der Waals surface area contributed by atoms with E-state index in [4.69, 9.17) is 11.6 Å². The molecule has 0 aliphatic heterocycles. The van der Waals surface area contributed by atoms with Gasteiger partial charge in [-0.1, -0.05) is 55.5 Å². The van der Waals surface area contributed by atoms with Crippen LogP contribution in [0.15, 0.2) is 30.3 Å². The van der Waals surface area contributed by atoms with Crippen molar-refractivity contribution >= 4 is 22.5 Å². The van der Waals surface area contributed by atoms with E-state index in [1.165, 1.54) is 43.9 Å². The smallest absolute Gasteiger partial charge is 0.134 e. The number of aromatic nitrogens is 1. The Bertz CT molecular complexity index is 603. The summed E-state index contributed by atoms with van der Waals surface area (Å²) in [6.45, 7) is 0.890. The largest absolute Gasteiger partial charge is 0.299 e. The van der Waals surface area contributed by atoms with Gasteiger partial charge >= 0.3 is 0 Å². The van der Waals surface area contributed by atoms with E-state index in [2.05, 4.69) is 35.1 Å². The third kappa shape index (κ3) is 3.56. The monoisotopic (exact) mass is 302 g/mol. The molecule has 0 saturated heterocycles. The molecule has 0 spiro atoms. The predicted molar refractivity (Wildman–Crippen MR) is 89.7 cm³/mol. The average molecular weight is 303 g/mol. The molecule has 1 aliphatic carbocycles. The van der Waals surface area contributed by atoms with Gasteiger partial charge in [0.2, 0.25) is 0 Å². The fraction of sp³-hybridized carbons (Fsp3) is 0.500. The van der Waals surface area contributed by atoms with Crippen molar-refractivity contribution < 1.29 is 0 Å². The average Bonchev–Trinajstić information content (AvgIpc) is 2.77. The maximum absolute atomic E-state index is 6.38. The van der Waals surface area contributed by atoms with Gasteiger partial charge in [0.25, 0.3) is 0 Å². The van der Waals surface area contributed by atoms with E-state index in [9.17, 15) is 0 Å². The van der Waals surface area contributed by atoms with Crippen LogP contribution in [-0.2, 0) is 6.54 Å². The Kier molecular flexibility index (Phi) is 4.77. The number of nitrogens with zero attached hydrogens (tertiary/aromatic N) is 2. The first-order valence-electron chi connectivity index (χ1n) is 7.98. The Hall–Kier alpha value is -1.12. The highest BCUT2D eigenvalue weighted by atomic mass is 35.5. The molecular formula is C18H23ClN2. The minimum atomic E-state index is 0.647. The van der Waals surface area contributed by atoms with Crippen molar-refractivity contribution in [3.63, 3.8) is 0 Å². The van der Waals surface area contributed by atoms with Gasteiger partial charge in [-0.05, 0) is 32.0 Å². The predicted octanol–water partition coefficient (Wildman–Crippen LogP) is 5.04. The van der Waals surface area contributed by atoms with Crippen molar-refractivity contribution in [2.75, 3.05) is 7.05 Å². The molecule has 0 amide bonds. The summed E-state index contributed by atoms with van der Waals surface area (Å²) in [5, 5.41) is 1.82. The number of benzene rings is 1. The number of para-hydroxylation sites is 1. The summed E-state index contributed by atoms with van der Waals surface area (Å²) in [6, 6.07) is 11.1. The van der Waals surface area contributed by atoms with Gasteiger partial charge in [-0.3, -0.25) is 4.90 Å². The molecule has 2 nitrogen and oxygen atoms in total. The second-order valence-electron chi connectivity index (χ2n) is 6.19. The molecule has 21 heavy (non-hydrogen) atoms. The van der Waals surface area contributed by atoms with Gasteiger partial charge in [-0.25, -0.2) is 4.98 Å². The minimum Gasteiger partial charge on any atom is -0.299 e. The number of hydrogen-bond donors (Lipinski definition) is 0. The Morgan fingerprint density at radius 3 is 2.62 bits per heavy atom. The zero-order valence-electron chi connectivity index (χ0n) is 12.7. The molecule has 3 heteroatoms. The lowest BCUT2D eigenvalue weighted by atomic mass is 10.1. The lowest BCUT2D eigenvalue weighted by Crippen LogP contribution is -2.30. The summed E-state index contributed by atoms with van der Waals surface area (Å²) in [5.74, 6) is 0. The van der Waals surface area contributed by atoms with E-state index >= 15 is 0 Å². The van der Waals surface area contributed by atoms with E-state index in [0.717, 1.165) is 17.6 Å². The Labute approximate surface area is 132 Å². The van der Waals surface area contributed by atoms with Crippen molar-refractivity contribution in [1.82, 2.24) is 9.88 Å². The van der Waals surface area contributed by atoms with Crippen LogP contribution in [0.3, 0.4) is 0 Å². The molecule has 1 aliphatic rings. The molecule has 1 aromatic carbocycles. The van der Waals surface area contributed by atoms with Gasteiger partial charge in [0, 0.05) is 23.5 Å². The second kappa shape index (κ2) is 6.76. The lowest BCUT2D eigenvalue weighted by molar-refractivity contribution is 0.213. The van der Waals surface area contributed by atoms with E-state index < -0.39 is 0 Å². The molecule has 3 rings (SSSR count). The fourth-order valence-electron chi connectivity index (χ4n) is 3.34. The third-order valence-corrected chi connectivity index (χ3v) is 4.95. The Balaban J connectivity index is 1.78. The standard InChI is InChI=1S/C18H23ClN2/c1-21(16-9-4-2-3-5-10-16)13-15-12-14-8-6-7-11-17(14)20-18(15)19/h6-8,11-12,16H,2-5,9-10,13H2,1H3. The van der Waals surface area contributed by atoms with Gasteiger partial charge < -0.3 is 0 Å². The van der Waals surface area contributed by atoms with E-state index in [1.54, 1.807) is 0 Å². The highest BCUT2D eigenvalue weighted by molar-refractivity contribution is 6.30. The minimum absolute atomic E-state index is 0.647. The summed E-state index contributed by atoms with van der Waals surface area (Å²) in [7, 11) is 2.22. The van der Waals surface area contributed by atoms with Crippen molar-refractivity contribution in [2.24, 2.45) is 0 Å². The van der Waals surface area contributed by atoms with Crippen LogP contribution in [0.25, 0.3) is 10.9 Å². The summed E-state index contributed by atoms with van der Waals surface area (Å²) in [4.78, 5) is 6.99. The first-order valence-corrected chi connectivity index (χ1v) is 8.36. The van der Waals surface area contributed by atoms with Gasteiger partial charge in [0.1, 0.15) is 5.15 Å². The molecule has 0 unspecified atom stereocenters. The molecule has 1 saturated carbocycles. The zero-order chi connectivity index (χ0) is 14.7. The molecule has 2 aromatic rings. The van der Waals surface area contributed by atoms with Gasteiger partial charge in [0.05, 0.1) is 5.52 Å². The summed E-state index contributed by atoms with van der Waals surface area (Å²) in [5.41, 5.74) is 2.12. The van der Waals surface area contributed by atoms with Crippen molar-refractivity contribution in [3.8, 4) is 0 Å². The van der Waals surface area contributed by atoms with Crippen LogP contribution in [0.1, 0.15) is 44.1 Å². The number of hydrogen-bond acceptors (Lipinski definition) is 2. The Morgan fingerprint density at radius 1 is 1.14 bits per heavy atom. The topological polar surface area (TPSA) is 16.1 Å². The number of rotatable bonds is 3. The summed E-state index contributed by atoms with van der Waals surface area (Å²) in [6.07, 6.45) is 8.13. The normalized spacial score (nSPS) is 17.3. The quantitative estimate of drug-likeness (QED) is 0.583. The zero-order valence-corrected chi connectivity index (χ0v) is 13.4. The SMILES string of the molecule is CN(Cc1cc2ccccc2nc1Cl)C1CCCCCC1. The summed E-state index contributed by atoms with van der Waals surface area (Å²) >= 11 is 6.38. The van der Waals surface area contributed by atoms with Crippen molar-refractivity contribution in [1.29, 1.82) is 0 Å². The van der Waals surface area contributed by atoms with Crippen molar-refractivity contribution in [2.45, 2.75) is 51.1 Å². The first-order chi connectivity index (χ1) is 10.2. The van der Waals surface area contributed by atoms with Crippen LogP contribution >= 0.6 is 11.6 Å². The van der Waals surface area contributed by atoms with Crippen LogP contribution in [-0.4, -0.2) is 23.0 Å². The molecule has 1 aromatic heterocycles. The van der Waals surface area contributed by atoms with Crippen molar-refractivity contribution in [3.05, 3.63) is 41.0 Å². The van der Waals surface area contributed by atoms with Crippen LogP contribution in [0.5, 0.6) is 0 Å². The molecule has 1 heterocycles. The first kappa shape index (κ1) is 14.8. The molecule has 0 bridgehead atoms. The maximum Gasteiger partial charge on any atom is 0.134 e. The van der Waals surface area contributed by atoms with Gasteiger partial charge in [-0.15, -0.1) is 0 Å². The van der Waals surface area contributed by atoms with Crippen LogP contribution in [0, 0.1) is 0 Å². The molecular weight excluding hydrogens is 280 g/mol. The molecule has 0 N–H and O–H groups in total. The van der Waals surface area contributed by atoms with E-state index in [0.29, 0.717) is 11.2 Å². The Morgan fingerprint density at radius 2 is 1.86 bits per heavy atom.